The van der Waals surface area contributed by atoms with Crippen molar-refractivity contribution in [1.82, 2.24) is 5.32 Å². The molecule has 0 saturated heterocycles. The van der Waals surface area contributed by atoms with E-state index < -0.39 is 12.1 Å². The Morgan fingerprint density at radius 2 is 2.05 bits per heavy atom. The first kappa shape index (κ1) is 16.1. The quantitative estimate of drug-likeness (QED) is 0.779. The van der Waals surface area contributed by atoms with Gasteiger partial charge in [0.15, 0.2) is 17.6 Å². The Hall–Kier alpha value is -2.24. The normalized spacial score (nSPS) is 14.9. The van der Waals surface area contributed by atoms with Crippen LogP contribution < -0.4 is 14.8 Å². The summed E-state index contributed by atoms with van der Waals surface area (Å²) in [7, 11) is 1.53. The number of carbonyl (C=O) groups is 2. The lowest BCUT2D eigenvalue weighted by atomic mass is 10.2. The summed E-state index contributed by atoms with van der Waals surface area (Å²) in [6.07, 6.45) is 1.15. The molecular weight excluding hydrogens is 286 g/mol. The van der Waals surface area contributed by atoms with E-state index in [1.807, 2.05) is 6.92 Å². The van der Waals surface area contributed by atoms with Crippen molar-refractivity contribution in [1.29, 1.82) is 0 Å². The van der Waals surface area contributed by atoms with Crippen LogP contribution >= 0.6 is 0 Å². The number of benzene rings is 1. The van der Waals surface area contributed by atoms with Crippen molar-refractivity contribution in [2.45, 2.75) is 38.8 Å². The van der Waals surface area contributed by atoms with Crippen molar-refractivity contribution in [2.24, 2.45) is 0 Å². The van der Waals surface area contributed by atoms with Gasteiger partial charge in [0.05, 0.1) is 19.3 Å². The summed E-state index contributed by atoms with van der Waals surface area (Å²) < 4.78 is 15.8. The maximum absolute atomic E-state index is 12.1. The second-order valence-electron chi connectivity index (χ2n) is 5.13. The van der Waals surface area contributed by atoms with E-state index in [-0.39, 0.29) is 11.9 Å². The van der Waals surface area contributed by atoms with Crippen molar-refractivity contribution in [2.75, 3.05) is 13.7 Å². The van der Waals surface area contributed by atoms with Gasteiger partial charge < -0.3 is 19.5 Å². The number of nitrogens with one attached hydrogen (secondary N) is 1. The van der Waals surface area contributed by atoms with Crippen LogP contribution in [0, 0.1) is 0 Å². The van der Waals surface area contributed by atoms with Gasteiger partial charge in [-0.3, -0.25) is 4.79 Å². The fourth-order valence-corrected chi connectivity index (χ4v) is 1.90. The van der Waals surface area contributed by atoms with Crippen molar-refractivity contribution >= 4 is 11.9 Å². The smallest absolute Gasteiger partial charge is 0.339 e. The Balaban J connectivity index is 2.01. The average molecular weight is 307 g/mol. The third kappa shape index (κ3) is 4.13. The van der Waals surface area contributed by atoms with Gasteiger partial charge in [0.1, 0.15) is 0 Å². The topological polar surface area (TPSA) is 73.9 Å². The minimum Gasteiger partial charge on any atom is -0.493 e. The van der Waals surface area contributed by atoms with E-state index in [4.69, 9.17) is 14.2 Å². The van der Waals surface area contributed by atoms with E-state index in [0.717, 1.165) is 12.8 Å². The van der Waals surface area contributed by atoms with Gasteiger partial charge in [-0.1, -0.05) is 0 Å². The lowest BCUT2D eigenvalue weighted by Gasteiger charge is -2.14. The van der Waals surface area contributed by atoms with Gasteiger partial charge in [-0.15, -0.1) is 0 Å². The first-order chi connectivity index (χ1) is 10.5. The molecule has 6 nitrogen and oxygen atoms in total. The van der Waals surface area contributed by atoms with Gasteiger partial charge in [0, 0.05) is 6.04 Å². The Kier molecular flexibility index (Phi) is 5.25. The third-order valence-corrected chi connectivity index (χ3v) is 3.28. The highest BCUT2D eigenvalue weighted by Gasteiger charge is 2.27. The maximum atomic E-state index is 12.1. The van der Waals surface area contributed by atoms with Crippen molar-refractivity contribution in [3.05, 3.63) is 23.8 Å². The van der Waals surface area contributed by atoms with Crippen LogP contribution in [0.4, 0.5) is 0 Å². The SMILES string of the molecule is CCOc1cc(C(=O)O[C@@H](C)C(=O)NC2CC2)ccc1OC. The van der Waals surface area contributed by atoms with Gasteiger partial charge in [-0.05, 0) is 44.9 Å². The highest BCUT2D eigenvalue weighted by Crippen LogP contribution is 2.28. The van der Waals surface area contributed by atoms with E-state index in [1.165, 1.54) is 7.11 Å². The van der Waals surface area contributed by atoms with Gasteiger partial charge in [0.2, 0.25) is 0 Å². The molecule has 0 spiro atoms. The lowest BCUT2D eigenvalue weighted by molar-refractivity contribution is -0.129. The fraction of sp³-hybridized carbons (Fsp3) is 0.500. The average Bonchev–Trinajstić information content (AvgIpc) is 3.31. The van der Waals surface area contributed by atoms with Crippen molar-refractivity contribution in [3.8, 4) is 11.5 Å². The number of ether oxygens (including phenoxy) is 3. The second-order valence-corrected chi connectivity index (χ2v) is 5.13. The van der Waals surface area contributed by atoms with E-state index in [1.54, 1.807) is 25.1 Å². The molecule has 0 aromatic heterocycles. The zero-order valence-electron chi connectivity index (χ0n) is 13.0. The van der Waals surface area contributed by atoms with Crippen molar-refractivity contribution in [3.63, 3.8) is 0 Å². The summed E-state index contributed by atoms with van der Waals surface area (Å²) >= 11 is 0. The largest absolute Gasteiger partial charge is 0.493 e. The monoisotopic (exact) mass is 307 g/mol. The molecule has 1 aliphatic rings. The Labute approximate surface area is 129 Å². The van der Waals surface area contributed by atoms with Gasteiger partial charge in [-0.25, -0.2) is 4.79 Å². The Morgan fingerprint density at radius 1 is 1.32 bits per heavy atom. The summed E-state index contributed by atoms with van der Waals surface area (Å²) in [4.78, 5) is 23.9. The molecule has 0 heterocycles. The third-order valence-electron chi connectivity index (χ3n) is 3.28. The molecule has 1 fully saturated rings. The molecule has 1 aromatic rings. The first-order valence-electron chi connectivity index (χ1n) is 7.37. The van der Waals surface area contributed by atoms with E-state index >= 15 is 0 Å². The number of hydrogen-bond acceptors (Lipinski definition) is 5. The van der Waals surface area contributed by atoms with Crippen LogP contribution in [0.3, 0.4) is 0 Å². The predicted octanol–water partition coefficient (Wildman–Crippen LogP) is 1.92. The van der Waals surface area contributed by atoms with Crippen LogP contribution in [0.25, 0.3) is 0 Å². The molecule has 0 radical (unpaired) electrons. The highest BCUT2D eigenvalue weighted by molar-refractivity contribution is 5.93. The van der Waals surface area contributed by atoms with Crippen LogP contribution in [-0.4, -0.2) is 37.7 Å². The first-order valence-corrected chi connectivity index (χ1v) is 7.37. The Morgan fingerprint density at radius 3 is 2.64 bits per heavy atom. The second kappa shape index (κ2) is 7.15. The van der Waals surface area contributed by atoms with Crippen molar-refractivity contribution < 1.29 is 23.8 Å². The molecule has 2 rings (SSSR count). The zero-order chi connectivity index (χ0) is 16.1. The predicted molar refractivity (Wildman–Crippen MR) is 80.2 cm³/mol. The number of methoxy groups -OCH3 is 1. The van der Waals surface area contributed by atoms with Gasteiger partial charge >= 0.3 is 5.97 Å². The minimum absolute atomic E-state index is 0.235. The molecule has 0 unspecified atom stereocenters. The van der Waals surface area contributed by atoms with Crippen LogP contribution in [0.2, 0.25) is 0 Å². The van der Waals surface area contributed by atoms with Crippen LogP contribution in [0.5, 0.6) is 11.5 Å². The molecule has 1 aromatic carbocycles. The minimum atomic E-state index is -0.828. The molecule has 1 N–H and O–H groups in total. The number of amides is 1. The number of esters is 1. The molecule has 1 aliphatic carbocycles. The van der Waals surface area contributed by atoms with E-state index in [2.05, 4.69) is 5.32 Å². The molecule has 22 heavy (non-hydrogen) atoms. The summed E-state index contributed by atoms with van der Waals surface area (Å²) in [5.41, 5.74) is 0.315. The van der Waals surface area contributed by atoms with Crippen LogP contribution in [-0.2, 0) is 9.53 Å². The molecule has 1 atom stereocenters. The van der Waals surface area contributed by atoms with Crippen LogP contribution in [0.15, 0.2) is 18.2 Å². The summed E-state index contributed by atoms with van der Waals surface area (Å²) in [6, 6.07) is 5.00. The molecule has 1 saturated carbocycles. The zero-order valence-corrected chi connectivity index (χ0v) is 13.0. The number of rotatable bonds is 7. The number of carbonyl (C=O) groups excluding carboxylic acids is 2. The standard InChI is InChI=1S/C16H21NO5/c1-4-21-14-9-11(5-8-13(14)20-3)16(19)22-10(2)15(18)17-12-6-7-12/h5,8-10,12H,4,6-7H2,1-3H3,(H,17,18)/t10-/m0/s1. The van der Waals surface area contributed by atoms with Gasteiger partial charge in [0.25, 0.3) is 5.91 Å². The molecule has 0 aliphatic heterocycles. The molecule has 6 heteroatoms. The highest BCUT2D eigenvalue weighted by atomic mass is 16.5. The molecular formula is C16H21NO5. The summed E-state index contributed by atoms with van der Waals surface area (Å²) in [5, 5.41) is 2.80. The maximum Gasteiger partial charge on any atom is 0.339 e. The van der Waals surface area contributed by atoms with Crippen LogP contribution in [0.1, 0.15) is 37.0 Å². The van der Waals surface area contributed by atoms with E-state index in [0.29, 0.717) is 23.7 Å². The van der Waals surface area contributed by atoms with Gasteiger partial charge in [-0.2, -0.15) is 0 Å². The molecule has 0 bridgehead atoms. The lowest BCUT2D eigenvalue weighted by Crippen LogP contribution is -2.37. The summed E-state index contributed by atoms with van der Waals surface area (Å²) in [5.74, 6) is 0.170. The summed E-state index contributed by atoms with van der Waals surface area (Å²) in [6.45, 7) is 3.85. The molecule has 1 amide bonds. The molecule has 120 valence electrons. The number of hydrogen-bond donors (Lipinski definition) is 1. The Bertz CT molecular complexity index is 553. The fourth-order valence-electron chi connectivity index (χ4n) is 1.90. The van der Waals surface area contributed by atoms with E-state index in [9.17, 15) is 9.59 Å².